The maximum absolute atomic E-state index is 12.2. The van der Waals surface area contributed by atoms with Gasteiger partial charge in [-0.15, -0.1) is 0 Å². The Kier molecular flexibility index (Phi) is 4.28. The number of aryl methyl sites for hydroxylation is 1. The summed E-state index contributed by atoms with van der Waals surface area (Å²) in [5.41, 5.74) is 5.57. The first-order chi connectivity index (χ1) is 10.7. The third-order valence-electron chi connectivity index (χ3n) is 3.24. The molecule has 2 rings (SSSR count). The molecule has 0 unspecified atom stereocenters. The molecule has 23 heavy (non-hydrogen) atoms. The average Bonchev–Trinajstić information content (AvgIpc) is 2.45. The van der Waals surface area contributed by atoms with Crippen molar-refractivity contribution in [3.8, 4) is 34.1 Å². The number of rotatable bonds is 2. The van der Waals surface area contributed by atoms with Crippen LogP contribution in [0.1, 0.15) is 15.9 Å². The summed E-state index contributed by atoms with van der Waals surface area (Å²) in [5.74, 6) is -3.28. The van der Waals surface area contributed by atoms with Crippen molar-refractivity contribution >= 4 is 23.2 Å². The smallest absolute Gasteiger partial charge is 0.258 e. The summed E-state index contributed by atoms with van der Waals surface area (Å²) in [5, 5.41) is 41.5. The van der Waals surface area contributed by atoms with E-state index in [2.05, 4.69) is 17.5 Å². The second kappa shape index (κ2) is 6.01. The molecule has 7 N–H and O–H groups in total. The lowest BCUT2D eigenvalue weighted by molar-refractivity contribution is 0.0977. The Morgan fingerprint density at radius 3 is 2.30 bits per heavy atom. The summed E-state index contributed by atoms with van der Waals surface area (Å²) in [6.45, 7) is 1.65. The third-order valence-corrected chi connectivity index (χ3v) is 3.34. The number of phenols is 4. The molecule has 0 atom stereocenters. The molecule has 8 heteroatoms. The second-order valence-corrected chi connectivity index (χ2v) is 5.24. The molecule has 0 spiro atoms. The molecule has 7 nitrogen and oxygen atoms in total. The summed E-state index contributed by atoms with van der Waals surface area (Å²) in [4.78, 5) is 12.2. The number of hydrogen-bond donors (Lipinski definition) is 6. The highest BCUT2D eigenvalue weighted by molar-refractivity contribution is 7.80. The Balaban J connectivity index is 2.83. The predicted octanol–water partition coefficient (Wildman–Crippen LogP) is 1.46. The van der Waals surface area contributed by atoms with Crippen molar-refractivity contribution in [3.63, 3.8) is 0 Å². The molecule has 0 saturated heterocycles. The first-order valence-corrected chi connectivity index (χ1v) is 6.82. The van der Waals surface area contributed by atoms with Crippen LogP contribution in [0.2, 0.25) is 0 Å². The minimum absolute atomic E-state index is 0.133. The molecule has 0 aliphatic heterocycles. The first kappa shape index (κ1) is 16.4. The van der Waals surface area contributed by atoms with Gasteiger partial charge in [0, 0.05) is 11.1 Å². The van der Waals surface area contributed by atoms with Gasteiger partial charge in [0.25, 0.3) is 5.91 Å². The zero-order valence-electron chi connectivity index (χ0n) is 12.0. The van der Waals surface area contributed by atoms with Gasteiger partial charge < -0.3 is 26.2 Å². The molecular formula is C15H14N2O5S. The molecule has 120 valence electrons. The van der Waals surface area contributed by atoms with Crippen molar-refractivity contribution in [2.45, 2.75) is 6.92 Å². The highest BCUT2D eigenvalue weighted by Crippen LogP contribution is 2.48. The van der Waals surface area contributed by atoms with E-state index in [9.17, 15) is 25.2 Å². The van der Waals surface area contributed by atoms with Crippen molar-refractivity contribution in [2.24, 2.45) is 5.73 Å². The number of amides is 1. The molecule has 0 radical (unpaired) electrons. The van der Waals surface area contributed by atoms with Crippen molar-refractivity contribution in [2.75, 3.05) is 0 Å². The summed E-state index contributed by atoms with van der Waals surface area (Å²) in [6.07, 6.45) is 0. The number of aromatic hydroxyl groups is 4. The van der Waals surface area contributed by atoms with Gasteiger partial charge in [-0.3, -0.25) is 10.1 Å². The van der Waals surface area contributed by atoms with E-state index in [1.54, 1.807) is 19.1 Å². The van der Waals surface area contributed by atoms with Crippen LogP contribution in [-0.2, 0) is 0 Å². The van der Waals surface area contributed by atoms with Crippen LogP contribution in [0.3, 0.4) is 0 Å². The third kappa shape index (κ3) is 2.97. The highest BCUT2D eigenvalue weighted by Gasteiger charge is 2.25. The van der Waals surface area contributed by atoms with Gasteiger partial charge in [0.05, 0.1) is 5.56 Å². The fraction of sp³-hybridized carbons (Fsp3) is 0.0667. The van der Waals surface area contributed by atoms with E-state index in [4.69, 9.17) is 5.73 Å². The normalized spacial score (nSPS) is 10.3. The van der Waals surface area contributed by atoms with E-state index in [1.807, 2.05) is 0 Å². The fourth-order valence-electron chi connectivity index (χ4n) is 2.23. The van der Waals surface area contributed by atoms with Crippen LogP contribution in [0.15, 0.2) is 24.3 Å². The van der Waals surface area contributed by atoms with Crippen LogP contribution < -0.4 is 11.1 Å². The summed E-state index contributed by atoms with van der Waals surface area (Å²) in [7, 11) is 0. The Labute approximate surface area is 136 Å². The Hall–Kier alpha value is -3.00. The summed E-state index contributed by atoms with van der Waals surface area (Å²) in [6, 6.07) is 5.54. The number of phenolic OH excluding ortho intramolecular Hbond substituents is 4. The lowest BCUT2D eigenvalue weighted by Gasteiger charge is -2.16. The van der Waals surface area contributed by atoms with E-state index in [0.29, 0.717) is 5.56 Å². The molecule has 0 aromatic heterocycles. The van der Waals surface area contributed by atoms with Gasteiger partial charge in [-0.1, -0.05) is 12.1 Å². The molecule has 1 amide bonds. The van der Waals surface area contributed by atoms with Crippen LogP contribution in [0.25, 0.3) is 11.1 Å². The van der Waals surface area contributed by atoms with Gasteiger partial charge in [0.15, 0.2) is 16.6 Å². The second-order valence-electron chi connectivity index (χ2n) is 4.80. The topological polar surface area (TPSA) is 136 Å². The molecule has 0 heterocycles. The standard InChI is InChI=1S/C15H14N2O5S/c1-6-3-2-4-8(18)10(6)11-7(14(22)17-15(16)23)5-9(19)12(20)13(11)21/h2-5,18-21H,1H3,(H3,16,17,22,23). The maximum atomic E-state index is 12.2. The molecular weight excluding hydrogens is 320 g/mol. The number of nitrogens with one attached hydrogen (secondary N) is 1. The van der Waals surface area contributed by atoms with E-state index in [1.165, 1.54) is 6.07 Å². The van der Waals surface area contributed by atoms with Gasteiger partial charge in [0.1, 0.15) is 5.75 Å². The van der Waals surface area contributed by atoms with Crippen LogP contribution in [-0.4, -0.2) is 31.4 Å². The Bertz CT molecular complexity index is 800. The van der Waals surface area contributed by atoms with Gasteiger partial charge >= 0.3 is 0 Å². The van der Waals surface area contributed by atoms with E-state index in [0.717, 1.165) is 6.07 Å². The van der Waals surface area contributed by atoms with Gasteiger partial charge in [-0.25, -0.2) is 0 Å². The SMILES string of the molecule is Cc1cccc(O)c1-c1c(C(=O)NC(N)=S)cc(O)c(O)c1O. The highest BCUT2D eigenvalue weighted by atomic mass is 32.1. The maximum Gasteiger partial charge on any atom is 0.258 e. The fourth-order valence-corrected chi connectivity index (χ4v) is 2.33. The minimum atomic E-state index is -0.811. The van der Waals surface area contributed by atoms with Crippen molar-refractivity contribution < 1.29 is 25.2 Å². The molecule has 0 bridgehead atoms. The molecule has 0 saturated carbocycles. The van der Waals surface area contributed by atoms with Gasteiger partial charge in [0.2, 0.25) is 5.75 Å². The molecule has 0 fully saturated rings. The average molecular weight is 334 g/mol. The molecule has 0 aliphatic rings. The summed E-state index contributed by atoms with van der Waals surface area (Å²) < 4.78 is 0. The van der Waals surface area contributed by atoms with Crippen molar-refractivity contribution in [3.05, 3.63) is 35.4 Å². The van der Waals surface area contributed by atoms with Crippen LogP contribution in [0.5, 0.6) is 23.0 Å². The monoisotopic (exact) mass is 334 g/mol. The van der Waals surface area contributed by atoms with Crippen molar-refractivity contribution in [1.82, 2.24) is 5.32 Å². The lowest BCUT2D eigenvalue weighted by Crippen LogP contribution is -2.35. The van der Waals surface area contributed by atoms with Crippen LogP contribution in [0.4, 0.5) is 0 Å². The Morgan fingerprint density at radius 1 is 1.09 bits per heavy atom. The van der Waals surface area contributed by atoms with E-state index >= 15 is 0 Å². The number of nitrogens with two attached hydrogens (primary N) is 1. The lowest BCUT2D eigenvalue weighted by atomic mass is 9.93. The van der Waals surface area contributed by atoms with Gasteiger partial charge in [-0.2, -0.15) is 0 Å². The van der Waals surface area contributed by atoms with E-state index < -0.39 is 23.2 Å². The number of benzene rings is 2. The number of hydrogen-bond acceptors (Lipinski definition) is 6. The number of carbonyl (C=O) groups excluding carboxylic acids is 1. The summed E-state index contributed by atoms with van der Waals surface area (Å²) >= 11 is 4.60. The first-order valence-electron chi connectivity index (χ1n) is 6.41. The molecule has 0 aliphatic carbocycles. The van der Waals surface area contributed by atoms with E-state index in [-0.39, 0.29) is 27.6 Å². The molecule has 2 aromatic carbocycles. The zero-order valence-corrected chi connectivity index (χ0v) is 12.8. The largest absolute Gasteiger partial charge is 0.507 e. The van der Waals surface area contributed by atoms with Crippen LogP contribution >= 0.6 is 12.2 Å². The number of carbonyl (C=O) groups is 1. The molecule has 2 aromatic rings. The van der Waals surface area contributed by atoms with Crippen molar-refractivity contribution in [1.29, 1.82) is 0 Å². The van der Waals surface area contributed by atoms with Gasteiger partial charge in [-0.05, 0) is 36.8 Å². The minimum Gasteiger partial charge on any atom is -0.507 e. The quantitative estimate of drug-likeness (QED) is 0.361. The number of thiocarbonyl (C=S) groups is 1. The van der Waals surface area contributed by atoms with Crippen LogP contribution in [0, 0.1) is 6.92 Å². The Morgan fingerprint density at radius 2 is 1.74 bits per heavy atom. The zero-order chi connectivity index (χ0) is 17.3. The predicted molar refractivity (Wildman–Crippen MR) is 87.5 cm³/mol.